The summed E-state index contributed by atoms with van der Waals surface area (Å²) in [5, 5.41) is 6.31. The average Bonchev–Trinajstić information content (AvgIpc) is 3.68. The van der Waals surface area contributed by atoms with Gasteiger partial charge in [0.25, 0.3) is 0 Å². The standard InChI is InChI=1S/C24H36N4O4/c29-21-9-17(13-27(21)11-15-1-2-15)23(31)25-19-5-7-20(8-6-19)26-24(32)18-10-22(30)28(14-18)12-16-3-4-16/h15-20H,1-14H2,(H,25,31)(H,26,32). The van der Waals surface area contributed by atoms with Gasteiger partial charge in [0.05, 0.1) is 11.8 Å². The molecule has 3 aliphatic carbocycles. The zero-order valence-corrected chi connectivity index (χ0v) is 18.9. The zero-order chi connectivity index (χ0) is 22.2. The van der Waals surface area contributed by atoms with Crippen LogP contribution in [0.15, 0.2) is 0 Å². The predicted molar refractivity (Wildman–Crippen MR) is 117 cm³/mol. The number of amides is 4. The molecule has 5 fully saturated rings. The summed E-state index contributed by atoms with van der Waals surface area (Å²) in [4.78, 5) is 53.5. The Hall–Kier alpha value is -2.12. The van der Waals surface area contributed by atoms with Crippen LogP contribution in [0.2, 0.25) is 0 Å². The molecule has 5 aliphatic rings. The van der Waals surface area contributed by atoms with Crippen LogP contribution < -0.4 is 10.6 Å². The van der Waals surface area contributed by atoms with Gasteiger partial charge in [0.1, 0.15) is 0 Å². The minimum absolute atomic E-state index is 0.00403. The van der Waals surface area contributed by atoms with E-state index in [0.29, 0.717) is 37.8 Å². The smallest absolute Gasteiger partial charge is 0.225 e. The van der Waals surface area contributed by atoms with Crippen LogP contribution in [0.25, 0.3) is 0 Å². The van der Waals surface area contributed by atoms with E-state index < -0.39 is 0 Å². The number of nitrogens with zero attached hydrogens (tertiary/aromatic N) is 2. The van der Waals surface area contributed by atoms with Gasteiger partial charge in [0.2, 0.25) is 23.6 Å². The van der Waals surface area contributed by atoms with Gasteiger partial charge in [-0.15, -0.1) is 0 Å². The van der Waals surface area contributed by atoms with E-state index in [0.717, 1.165) is 38.8 Å². The SMILES string of the molecule is O=C(NC1CCC(NC(=O)C2CC(=O)N(CC3CC3)C2)CC1)C1CC(=O)N(CC2CC2)C1. The van der Waals surface area contributed by atoms with E-state index in [2.05, 4.69) is 10.6 Å². The maximum Gasteiger partial charge on any atom is 0.225 e. The molecule has 32 heavy (non-hydrogen) atoms. The molecule has 2 unspecified atom stereocenters. The fourth-order valence-corrected chi connectivity index (χ4v) is 5.49. The van der Waals surface area contributed by atoms with Crippen molar-refractivity contribution >= 4 is 23.6 Å². The first kappa shape index (κ1) is 21.7. The van der Waals surface area contributed by atoms with Crippen LogP contribution in [0, 0.1) is 23.7 Å². The third-order valence-corrected chi connectivity index (χ3v) is 7.94. The normalized spacial score (nSPS) is 33.0. The van der Waals surface area contributed by atoms with E-state index in [1.165, 1.54) is 25.7 Å². The first-order valence-electron chi connectivity index (χ1n) is 12.6. The molecule has 176 valence electrons. The lowest BCUT2D eigenvalue weighted by Crippen LogP contribution is -2.46. The van der Waals surface area contributed by atoms with Gasteiger partial charge in [-0.2, -0.15) is 0 Å². The minimum atomic E-state index is -0.225. The van der Waals surface area contributed by atoms with Crippen LogP contribution in [0.5, 0.6) is 0 Å². The topological polar surface area (TPSA) is 98.8 Å². The van der Waals surface area contributed by atoms with Crippen LogP contribution in [0.1, 0.15) is 64.2 Å². The van der Waals surface area contributed by atoms with E-state index in [4.69, 9.17) is 0 Å². The number of hydrogen-bond acceptors (Lipinski definition) is 4. The van der Waals surface area contributed by atoms with Gasteiger partial charge in [-0.3, -0.25) is 19.2 Å². The van der Waals surface area contributed by atoms with Crippen molar-refractivity contribution in [3.05, 3.63) is 0 Å². The van der Waals surface area contributed by atoms with Crippen LogP contribution >= 0.6 is 0 Å². The summed E-state index contributed by atoms with van der Waals surface area (Å²) in [6.45, 7) is 2.76. The van der Waals surface area contributed by atoms with Gasteiger partial charge in [0, 0.05) is 51.1 Å². The molecule has 0 aromatic rings. The Morgan fingerprint density at radius 1 is 0.656 bits per heavy atom. The van der Waals surface area contributed by atoms with Crippen molar-refractivity contribution < 1.29 is 19.2 Å². The monoisotopic (exact) mass is 444 g/mol. The second-order valence-electron chi connectivity index (χ2n) is 10.9. The Bertz CT molecular complexity index is 706. The van der Waals surface area contributed by atoms with Gasteiger partial charge in [-0.05, 0) is 63.2 Å². The number of hydrogen-bond donors (Lipinski definition) is 2. The van der Waals surface area contributed by atoms with Gasteiger partial charge in [0.15, 0.2) is 0 Å². The average molecular weight is 445 g/mol. The number of likely N-dealkylation sites (tertiary alicyclic amines) is 2. The Morgan fingerprint density at radius 2 is 1.03 bits per heavy atom. The number of carbonyl (C=O) groups excluding carboxylic acids is 4. The fourth-order valence-electron chi connectivity index (χ4n) is 5.49. The largest absolute Gasteiger partial charge is 0.353 e. The molecule has 0 aromatic heterocycles. The molecule has 2 N–H and O–H groups in total. The molecule has 0 bridgehead atoms. The van der Waals surface area contributed by atoms with E-state index >= 15 is 0 Å². The summed E-state index contributed by atoms with van der Waals surface area (Å²) in [5.41, 5.74) is 0. The molecular weight excluding hydrogens is 408 g/mol. The molecule has 4 amide bonds. The molecule has 8 heteroatoms. The summed E-state index contributed by atoms with van der Waals surface area (Å²) in [6.07, 6.45) is 8.82. The molecule has 5 rings (SSSR count). The Morgan fingerprint density at radius 3 is 1.38 bits per heavy atom. The van der Waals surface area contributed by atoms with E-state index in [1.807, 2.05) is 9.80 Å². The predicted octanol–water partition coefficient (Wildman–Crippen LogP) is 1.05. The van der Waals surface area contributed by atoms with Gasteiger partial charge in [-0.25, -0.2) is 0 Å². The van der Waals surface area contributed by atoms with Crippen molar-refractivity contribution in [3.8, 4) is 0 Å². The van der Waals surface area contributed by atoms with Gasteiger partial charge >= 0.3 is 0 Å². The van der Waals surface area contributed by atoms with Crippen LogP contribution in [-0.2, 0) is 19.2 Å². The van der Waals surface area contributed by atoms with Crippen molar-refractivity contribution in [2.24, 2.45) is 23.7 Å². The van der Waals surface area contributed by atoms with Gasteiger partial charge in [-0.1, -0.05) is 0 Å². The number of carbonyl (C=O) groups is 4. The number of nitrogens with one attached hydrogen (secondary N) is 2. The molecule has 2 saturated heterocycles. The molecular formula is C24H36N4O4. The lowest BCUT2D eigenvalue weighted by Gasteiger charge is -2.31. The molecule has 0 radical (unpaired) electrons. The van der Waals surface area contributed by atoms with Crippen LogP contribution in [0.3, 0.4) is 0 Å². The third-order valence-electron chi connectivity index (χ3n) is 7.94. The summed E-state index contributed by atoms with van der Waals surface area (Å²) in [5.74, 6) is 1.09. The highest BCUT2D eigenvalue weighted by atomic mass is 16.2. The summed E-state index contributed by atoms with van der Waals surface area (Å²) in [7, 11) is 0. The molecule has 0 spiro atoms. The van der Waals surface area contributed by atoms with E-state index in [1.54, 1.807) is 0 Å². The lowest BCUT2D eigenvalue weighted by atomic mass is 9.90. The third kappa shape index (κ3) is 5.26. The zero-order valence-electron chi connectivity index (χ0n) is 18.9. The first-order valence-corrected chi connectivity index (χ1v) is 12.6. The van der Waals surface area contributed by atoms with E-state index in [-0.39, 0.29) is 47.5 Å². The van der Waals surface area contributed by atoms with Gasteiger partial charge < -0.3 is 20.4 Å². The molecule has 2 atom stereocenters. The molecule has 2 aliphatic heterocycles. The summed E-state index contributed by atoms with van der Waals surface area (Å²) >= 11 is 0. The highest BCUT2D eigenvalue weighted by Crippen LogP contribution is 2.33. The second kappa shape index (κ2) is 9.02. The maximum atomic E-state index is 12.7. The summed E-state index contributed by atoms with van der Waals surface area (Å²) < 4.78 is 0. The minimum Gasteiger partial charge on any atom is -0.353 e. The molecule has 0 aromatic carbocycles. The Balaban J connectivity index is 1.01. The van der Waals surface area contributed by atoms with Crippen molar-refractivity contribution in [2.45, 2.75) is 76.3 Å². The first-order chi connectivity index (χ1) is 15.4. The van der Waals surface area contributed by atoms with E-state index in [9.17, 15) is 19.2 Å². The number of rotatable bonds is 8. The van der Waals surface area contributed by atoms with Crippen LogP contribution in [0.4, 0.5) is 0 Å². The molecule has 8 nitrogen and oxygen atoms in total. The quantitative estimate of drug-likeness (QED) is 0.585. The summed E-state index contributed by atoms with van der Waals surface area (Å²) in [6, 6.07) is 0.232. The van der Waals surface area contributed by atoms with Crippen molar-refractivity contribution in [1.82, 2.24) is 20.4 Å². The van der Waals surface area contributed by atoms with Crippen molar-refractivity contribution in [3.63, 3.8) is 0 Å². The van der Waals surface area contributed by atoms with Crippen molar-refractivity contribution in [1.29, 1.82) is 0 Å². The van der Waals surface area contributed by atoms with Crippen LogP contribution in [-0.4, -0.2) is 71.7 Å². The highest BCUT2D eigenvalue weighted by molar-refractivity contribution is 5.90. The van der Waals surface area contributed by atoms with Crippen molar-refractivity contribution in [2.75, 3.05) is 26.2 Å². The molecule has 3 saturated carbocycles. The maximum absolute atomic E-state index is 12.7. The fraction of sp³-hybridized carbons (Fsp3) is 0.833. The molecule has 2 heterocycles. The lowest BCUT2D eigenvalue weighted by molar-refractivity contribution is -0.129. The second-order valence-corrected chi connectivity index (χ2v) is 10.9. The highest BCUT2D eigenvalue weighted by Gasteiger charge is 2.39. The Kier molecular flexibility index (Phi) is 6.12. The Labute approximate surface area is 189 Å².